The molecule has 3 nitrogen and oxygen atoms in total. The molecule has 4 heteroatoms. The van der Waals surface area contributed by atoms with Gasteiger partial charge in [0.05, 0.1) is 6.04 Å². The largest absolute Gasteiger partial charge is 0.354 e. The van der Waals surface area contributed by atoms with Crippen molar-refractivity contribution >= 4 is 17.2 Å². The second-order valence-electron chi connectivity index (χ2n) is 6.98. The molecule has 0 spiro atoms. The summed E-state index contributed by atoms with van der Waals surface area (Å²) in [5, 5.41) is 5.39. The van der Waals surface area contributed by atoms with E-state index in [-0.39, 0.29) is 11.8 Å². The summed E-state index contributed by atoms with van der Waals surface area (Å²) in [6.45, 7) is 5.43. The molecule has 1 saturated heterocycles. The summed E-state index contributed by atoms with van der Waals surface area (Å²) in [6.07, 6.45) is 7.15. The van der Waals surface area contributed by atoms with E-state index in [0.717, 1.165) is 38.4 Å². The van der Waals surface area contributed by atoms with Gasteiger partial charge in [-0.3, -0.25) is 9.69 Å². The van der Waals surface area contributed by atoms with E-state index in [1.165, 1.54) is 30.6 Å². The van der Waals surface area contributed by atoms with Gasteiger partial charge in [-0.25, -0.2) is 0 Å². The van der Waals surface area contributed by atoms with E-state index in [9.17, 15) is 4.79 Å². The molecule has 2 heterocycles. The van der Waals surface area contributed by atoms with E-state index in [1.807, 2.05) is 11.3 Å². The number of piperidine rings is 1. The van der Waals surface area contributed by atoms with Crippen LogP contribution >= 0.6 is 11.3 Å². The third-order valence-electron chi connectivity index (χ3n) is 5.33. The van der Waals surface area contributed by atoms with E-state index in [2.05, 4.69) is 34.7 Å². The molecule has 1 N–H and O–H groups in total. The first-order valence-electron chi connectivity index (χ1n) is 8.79. The van der Waals surface area contributed by atoms with E-state index in [4.69, 9.17) is 0 Å². The molecule has 1 aliphatic carbocycles. The molecule has 122 valence electrons. The highest BCUT2D eigenvalue weighted by atomic mass is 32.1. The molecule has 22 heavy (non-hydrogen) atoms. The van der Waals surface area contributed by atoms with Crippen molar-refractivity contribution in [3.05, 3.63) is 22.4 Å². The maximum absolute atomic E-state index is 12.3. The number of amides is 1. The van der Waals surface area contributed by atoms with Gasteiger partial charge in [-0.15, -0.1) is 11.3 Å². The van der Waals surface area contributed by atoms with Crippen LogP contribution < -0.4 is 5.32 Å². The van der Waals surface area contributed by atoms with Crippen LogP contribution in [-0.4, -0.2) is 30.4 Å². The van der Waals surface area contributed by atoms with Crippen LogP contribution in [0.5, 0.6) is 0 Å². The molecule has 2 fully saturated rings. The Kier molecular flexibility index (Phi) is 5.53. The van der Waals surface area contributed by atoms with Crippen LogP contribution in [-0.2, 0) is 4.79 Å². The predicted molar refractivity (Wildman–Crippen MR) is 92.0 cm³/mol. The van der Waals surface area contributed by atoms with Crippen molar-refractivity contribution < 1.29 is 4.79 Å². The summed E-state index contributed by atoms with van der Waals surface area (Å²) in [5.74, 6) is 1.39. The first-order valence-corrected chi connectivity index (χ1v) is 9.67. The standard InChI is InChI=1S/C18H28N2OS/c1-14-8-10-20(11-9-14)16(17-7-4-12-22-17)13-19-18(21)15-5-2-3-6-15/h4,7,12,14-16H,2-3,5-6,8-11,13H2,1H3,(H,19,21). The molecular formula is C18H28N2OS. The number of nitrogens with zero attached hydrogens (tertiary/aromatic N) is 1. The molecule has 3 rings (SSSR count). The van der Waals surface area contributed by atoms with Crippen molar-refractivity contribution in [2.45, 2.75) is 51.5 Å². The summed E-state index contributed by atoms with van der Waals surface area (Å²) < 4.78 is 0. The number of hydrogen-bond donors (Lipinski definition) is 1. The first kappa shape index (κ1) is 16.0. The monoisotopic (exact) mass is 320 g/mol. The lowest BCUT2D eigenvalue weighted by atomic mass is 9.97. The zero-order valence-corrected chi connectivity index (χ0v) is 14.4. The molecular weight excluding hydrogens is 292 g/mol. The zero-order chi connectivity index (χ0) is 15.4. The van der Waals surface area contributed by atoms with Gasteiger partial charge in [0, 0.05) is 17.3 Å². The van der Waals surface area contributed by atoms with Crippen LogP contribution in [0.3, 0.4) is 0 Å². The molecule has 1 unspecified atom stereocenters. The fourth-order valence-corrected chi connectivity index (χ4v) is 4.62. The van der Waals surface area contributed by atoms with Crippen LogP contribution in [0.1, 0.15) is 56.4 Å². The van der Waals surface area contributed by atoms with Gasteiger partial charge in [0.15, 0.2) is 0 Å². The average Bonchev–Trinajstić information content (AvgIpc) is 3.22. The third-order valence-corrected chi connectivity index (χ3v) is 6.30. The third kappa shape index (κ3) is 3.90. The second kappa shape index (κ2) is 7.60. The fourth-order valence-electron chi connectivity index (χ4n) is 3.76. The summed E-state index contributed by atoms with van der Waals surface area (Å²) in [4.78, 5) is 16.3. The summed E-state index contributed by atoms with van der Waals surface area (Å²) in [5.41, 5.74) is 0. The molecule has 1 aromatic rings. The first-order chi connectivity index (χ1) is 10.7. The maximum Gasteiger partial charge on any atom is 0.223 e. The molecule has 1 saturated carbocycles. The minimum Gasteiger partial charge on any atom is -0.354 e. The number of likely N-dealkylation sites (tertiary alicyclic amines) is 1. The van der Waals surface area contributed by atoms with Crippen molar-refractivity contribution in [3.63, 3.8) is 0 Å². The zero-order valence-electron chi connectivity index (χ0n) is 13.6. The van der Waals surface area contributed by atoms with Crippen molar-refractivity contribution in [1.82, 2.24) is 10.2 Å². The van der Waals surface area contributed by atoms with E-state index >= 15 is 0 Å². The number of nitrogens with one attached hydrogen (secondary N) is 1. The van der Waals surface area contributed by atoms with E-state index < -0.39 is 0 Å². The molecule has 1 aliphatic heterocycles. The van der Waals surface area contributed by atoms with Crippen LogP contribution in [0.25, 0.3) is 0 Å². The fraction of sp³-hybridized carbons (Fsp3) is 0.722. The highest BCUT2D eigenvalue weighted by Gasteiger charge is 2.27. The van der Waals surface area contributed by atoms with Gasteiger partial charge < -0.3 is 5.32 Å². The number of hydrogen-bond acceptors (Lipinski definition) is 3. The maximum atomic E-state index is 12.3. The van der Waals surface area contributed by atoms with E-state index in [1.54, 1.807) is 0 Å². The van der Waals surface area contributed by atoms with Crippen LogP contribution in [0.2, 0.25) is 0 Å². The molecule has 0 bridgehead atoms. The SMILES string of the molecule is CC1CCN(C(CNC(=O)C2CCCC2)c2cccs2)CC1. The number of carbonyl (C=O) groups excluding carboxylic acids is 1. The van der Waals surface area contributed by atoms with Gasteiger partial charge in [-0.2, -0.15) is 0 Å². The Morgan fingerprint density at radius 1 is 1.32 bits per heavy atom. The molecule has 1 aromatic heterocycles. The van der Waals surface area contributed by atoms with Crippen LogP contribution in [0, 0.1) is 11.8 Å². The normalized spacial score (nSPS) is 22.8. The Balaban J connectivity index is 1.60. The average molecular weight is 321 g/mol. The quantitative estimate of drug-likeness (QED) is 0.894. The molecule has 1 atom stereocenters. The predicted octanol–water partition coefficient (Wildman–Crippen LogP) is 3.83. The van der Waals surface area contributed by atoms with Crippen molar-refractivity contribution in [3.8, 4) is 0 Å². The van der Waals surface area contributed by atoms with Crippen molar-refractivity contribution in [1.29, 1.82) is 0 Å². The Bertz CT molecular complexity index is 459. The Labute approximate surface area is 138 Å². The summed E-state index contributed by atoms with van der Waals surface area (Å²) >= 11 is 1.82. The number of rotatable bonds is 5. The minimum atomic E-state index is 0.269. The molecule has 0 radical (unpaired) electrons. The van der Waals surface area contributed by atoms with Gasteiger partial charge in [0.1, 0.15) is 0 Å². The lowest BCUT2D eigenvalue weighted by Crippen LogP contribution is -2.42. The highest BCUT2D eigenvalue weighted by Crippen LogP contribution is 2.30. The van der Waals surface area contributed by atoms with Gasteiger partial charge >= 0.3 is 0 Å². The van der Waals surface area contributed by atoms with E-state index in [0.29, 0.717) is 6.04 Å². The van der Waals surface area contributed by atoms with Crippen LogP contribution in [0.15, 0.2) is 17.5 Å². The molecule has 1 amide bonds. The van der Waals surface area contributed by atoms with Crippen molar-refractivity contribution in [2.24, 2.45) is 11.8 Å². The molecule has 0 aromatic carbocycles. The van der Waals surface area contributed by atoms with Crippen LogP contribution in [0.4, 0.5) is 0 Å². The topological polar surface area (TPSA) is 32.3 Å². The lowest BCUT2D eigenvalue weighted by molar-refractivity contribution is -0.125. The second-order valence-corrected chi connectivity index (χ2v) is 7.96. The smallest absolute Gasteiger partial charge is 0.223 e. The number of carbonyl (C=O) groups is 1. The van der Waals surface area contributed by atoms with Gasteiger partial charge in [-0.1, -0.05) is 25.8 Å². The Morgan fingerprint density at radius 3 is 2.68 bits per heavy atom. The van der Waals surface area contributed by atoms with Gasteiger partial charge in [-0.05, 0) is 56.1 Å². The van der Waals surface area contributed by atoms with Crippen molar-refractivity contribution in [2.75, 3.05) is 19.6 Å². The lowest BCUT2D eigenvalue weighted by Gasteiger charge is -2.36. The molecule has 2 aliphatic rings. The Hall–Kier alpha value is -0.870. The highest BCUT2D eigenvalue weighted by molar-refractivity contribution is 7.10. The summed E-state index contributed by atoms with van der Waals surface area (Å²) in [6, 6.07) is 4.70. The van der Waals surface area contributed by atoms with Gasteiger partial charge in [0.2, 0.25) is 5.91 Å². The Morgan fingerprint density at radius 2 is 2.05 bits per heavy atom. The van der Waals surface area contributed by atoms with Gasteiger partial charge in [0.25, 0.3) is 0 Å². The number of thiophene rings is 1. The minimum absolute atomic E-state index is 0.269. The summed E-state index contributed by atoms with van der Waals surface area (Å²) in [7, 11) is 0.